The second kappa shape index (κ2) is 11.2. The first-order chi connectivity index (χ1) is 25.7. The smallest absolute Gasteiger partial charge is 0.147 e. The van der Waals surface area contributed by atoms with Crippen molar-refractivity contribution < 1.29 is 13.3 Å². The number of anilines is 3. The van der Waals surface area contributed by atoms with E-state index in [1.165, 1.54) is 0 Å². The third kappa shape index (κ3) is 4.48. The van der Waals surface area contributed by atoms with Crippen LogP contribution in [0.5, 0.6) is 0 Å². The second-order valence-corrected chi connectivity index (χ2v) is 13.3. The Hall–Kier alpha value is -7.04. The quantitative estimate of drug-likeness (QED) is 0.183. The molecule has 52 heavy (non-hydrogen) atoms. The number of fused-ring (bicyclic) bond motifs is 10. The van der Waals surface area contributed by atoms with Crippen LogP contribution in [0, 0.1) is 0 Å². The van der Waals surface area contributed by atoms with Gasteiger partial charge in [-0.1, -0.05) is 97.1 Å². The third-order valence-electron chi connectivity index (χ3n) is 10.2. The van der Waals surface area contributed by atoms with E-state index in [1.807, 2.05) is 24.3 Å². The zero-order chi connectivity index (χ0) is 34.2. The van der Waals surface area contributed by atoms with Gasteiger partial charge in [-0.05, 0) is 95.1 Å². The van der Waals surface area contributed by atoms with E-state index in [1.54, 1.807) is 0 Å². The number of nitrogens with zero attached hydrogens (tertiary/aromatic N) is 1. The normalized spacial score (nSPS) is 11.8. The fourth-order valence-corrected chi connectivity index (χ4v) is 7.81. The average Bonchev–Trinajstić information content (AvgIpc) is 3.89. The van der Waals surface area contributed by atoms with Gasteiger partial charge in [0.1, 0.15) is 33.5 Å². The first-order valence-corrected chi connectivity index (χ1v) is 17.5. The lowest BCUT2D eigenvalue weighted by atomic mass is 9.97. The lowest BCUT2D eigenvalue weighted by Gasteiger charge is -2.27. The summed E-state index contributed by atoms with van der Waals surface area (Å²) in [7, 11) is 0. The average molecular weight is 668 g/mol. The largest absolute Gasteiger partial charge is 0.456 e. The molecule has 0 bridgehead atoms. The van der Waals surface area contributed by atoms with Gasteiger partial charge in [0.15, 0.2) is 0 Å². The fourth-order valence-electron chi connectivity index (χ4n) is 7.81. The van der Waals surface area contributed by atoms with Gasteiger partial charge in [0.25, 0.3) is 0 Å². The molecule has 0 radical (unpaired) electrons. The Morgan fingerprint density at radius 1 is 0.288 bits per heavy atom. The maximum Gasteiger partial charge on any atom is 0.147 e. The van der Waals surface area contributed by atoms with Crippen molar-refractivity contribution in [1.29, 1.82) is 0 Å². The molecule has 0 spiro atoms. The van der Waals surface area contributed by atoms with Crippen LogP contribution in [0.4, 0.5) is 17.1 Å². The van der Waals surface area contributed by atoms with Crippen LogP contribution in [0.15, 0.2) is 189 Å². The highest BCUT2D eigenvalue weighted by Gasteiger charge is 2.21. The lowest BCUT2D eigenvalue weighted by molar-refractivity contribution is 0.662. The van der Waals surface area contributed by atoms with Gasteiger partial charge < -0.3 is 18.2 Å². The van der Waals surface area contributed by atoms with Crippen LogP contribution < -0.4 is 4.90 Å². The molecule has 8 aromatic carbocycles. The van der Waals surface area contributed by atoms with Gasteiger partial charge in [0.05, 0.1) is 5.39 Å². The molecule has 0 saturated heterocycles. The summed E-state index contributed by atoms with van der Waals surface area (Å²) in [5.74, 6) is 0. The summed E-state index contributed by atoms with van der Waals surface area (Å²) in [5.41, 5.74) is 12.6. The summed E-state index contributed by atoms with van der Waals surface area (Å²) in [6, 6.07) is 61.5. The topological polar surface area (TPSA) is 42.7 Å². The van der Waals surface area contributed by atoms with Gasteiger partial charge in [-0.15, -0.1) is 0 Å². The lowest BCUT2D eigenvalue weighted by Crippen LogP contribution is -2.10. The van der Waals surface area contributed by atoms with Crippen LogP contribution in [0.3, 0.4) is 0 Å². The van der Waals surface area contributed by atoms with Crippen molar-refractivity contribution in [3.63, 3.8) is 0 Å². The van der Waals surface area contributed by atoms with Crippen molar-refractivity contribution >= 4 is 82.9 Å². The fraction of sp³-hybridized carbons (Fsp3) is 0. The molecule has 3 aromatic heterocycles. The van der Waals surface area contributed by atoms with Crippen molar-refractivity contribution in [3.05, 3.63) is 176 Å². The molecule has 0 atom stereocenters. The first kappa shape index (κ1) is 28.8. The Labute approximate surface area is 298 Å². The monoisotopic (exact) mass is 667 g/mol. The van der Waals surface area contributed by atoms with E-state index in [9.17, 15) is 0 Å². The van der Waals surface area contributed by atoms with Gasteiger partial charge in [0, 0.05) is 50.1 Å². The Morgan fingerprint density at radius 2 is 0.827 bits per heavy atom. The van der Waals surface area contributed by atoms with Crippen LogP contribution in [0.1, 0.15) is 0 Å². The SMILES string of the molecule is c1ccc(-c2cc(-c3ccccc3)cc(N(c3ccc4c(c3)oc3ccc5c6ccccc6oc5c34)c3ccc4oc5ccccc5c4c3)c2)cc1. The number of para-hydroxylation sites is 2. The van der Waals surface area contributed by atoms with Crippen molar-refractivity contribution in [2.75, 3.05) is 4.90 Å². The number of benzene rings is 8. The van der Waals surface area contributed by atoms with Crippen LogP contribution in [0.25, 0.3) is 88.1 Å². The summed E-state index contributed by atoms with van der Waals surface area (Å²) < 4.78 is 19.3. The van der Waals surface area contributed by atoms with Gasteiger partial charge in [-0.3, -0.25) is 0 Å². The number of furan rings is 3. The summed E-state index contributed by atoms with van der Waals surface area (Å²) in [5, 5.41) is 6.35. The van der Waals surface area contributed by atoms with Crippen LogP contribution in [-0.4, -0.2) is 0 Å². The molecular weight excluding hydrogens is 639 g/mol. The van der Waals surface area contributed by atoms with Gasteiger partial charge in [-0.25, -0.2) is 0 Å². The summed E-state index contributed by atoms with van der Waals surface area (Å²) in [6.07, 6.45) is 0. The van der Waals surface area contributed by atoms with Gasteiger partial charge >= 0.3 is 0 Å². The molecule has 0 N–H and O–H groups in total. The minimum atomic E-state index is 0.794. The highest BCUT2D eigenvalue weighted by atomic mass is 16.3. The van der Waals surface area contributed by atoms with E-state index in [0.717, 1.165) is 105 Å². The van der Waals surface area contributed by atoms with Gasteiger partial charge in [0.2, 0.25) is 0 Å². The van der Waals surface area contributed by atoms with E-state index >= 15 is 0 Å². The Kier molecular flexibility index (Phi) is 6.22. The molecule has 4 nitrogen and oxygen atoms in total. The summed E-state index contributed by atoms with van der Waals surface area (Å²) >= 11 is 0. The highest BCUT2D eigenvalue weighted by Crippen LogP contribution is 2.45. The highest BCUT2D eigenvalue weighted by molar-refractivity contribution is 6.22. The molecule has 11 rings (SSSR count). The first-order valence-electron chi connectivity index (χ1n) is 17.5. The maximum atomic E-state index is 6.62. The number of hydrogen-bond acceptors (Lipinski definition) is 4. The minimum Gasteiger partial charge on any atom is -0.456 e. The Bertz CT molecular complexity index is 3070. The molecule has 0 fully saturated rings. The van der Waals surface area contributed by atoms with E-state index < -0.39 is 0 Å². The minimum absolute atomic E-state index is 0.794. The van der Waals surface area contributed by atoms with Crippen molar-refractivity contribution in [1.82, 2.24) is 0 Å². The molecule has 0 aliphatic rings. The Morgan fingerprint density at radius 3 is 1.56 bits per heavy atom. The Balaban J connectivity index is 1.17. The van der Waals surface area contributed by atoms with E-state index in [4.69, 9.17) is 13.3 Å². The molecule has 0 saturated carbocycles. The molecule has 0 aliphatic heterocycles. The molecule has 0 amide bonds. The van der Waals surface area contributed by atoms with Crippen molar-refractivity contribution in [2.45, 2.75) is 0 Å². The van der Waals surface area contributed by atoms with E-state index in [2.05, 4.69) is 157 Å². The van der Waals surface area contributed by atoms with E-state index in [-0.39, 0.29) is 0 Å². The van der Waals surface area contributed by atoms with Crippen molar-refractivity contribution in [2.24, 2.45) is 0 Å². The summed E-state index contributed by atoms with van der Waals surface area (Å²) in [4.78, 5) is 2.32. The van der Waals surface area contributed by atoms with Gasteiger partial charge in [-0.2, -0.15) is 0 Å². The predicted molar refractivity (Wildman–Crippen MR) is 214 cm³/mol. The zero-order valence-electron chi connectivity index (χ0n) is 27.9. The second-order valence-electron chi connectivity index (χ2n) is 13.3. The molecule has 11 aromatic rings. The van der Waals surface area contributed by atoms with Crippen molar-refractivity contribution in [3.8, 4) is 22.3 Å². The maximum absolute atomic E-state index is 6.62. The predicted octanol–water partition coefficient (Wildman–Crippen LogP) is 14.2. The zero-order valence-corrected chi connectivity index (χ0v) is 27.9. The molecule has 0 aliphatic carbocycles. The van der Waals surface area contributed by atoms with E-state index in [0.29, 0.717) is 0 Å². The number of rotatable bonds is 5. The standard InChI is InChI=1S/C48H29NO3/c1-3-11-30(12-4-1)32-25-33(31-13-5-2-6-14-31)27-36(26-32)49(34-20-23-44-41(28-34)38-16-8-9-17-42(38)50-44)35-19-21-40-46(29-35)51-45-24-22-39-37-15-7-10-18-43(37)52-48(39)47(40)45/h1-29H. The summed E-state index contributed by atoms with van der Waals surface area (Å²) in [6.45, 7) is 0. The molecule has 244 valence electrons. The van der Waals surface area contributed by atoms with Crippen LogP contribution in [-0.2, 0) is 0 Å². The molecule has 4 heteroatoms. The molecule has 0 unspecified atom stereocenters. The molecule has 3 heterocycles. The van der Waals surface area contributed by atoms with Crippen LogP contribution in [0.2, 0.25) is 0 Å². The number of hydrogen-bond donors (Lipinski definition) is 0. The van der Waals surface area contributed by atoms with Crippen LogP contribution >= 0.6 is 0 Å². The molecular formula is C48H29NO3. The third-order valence-corrected chi connectivity index (χ3v) is 10.2.